The minimum Gasteiger partial charge on any atom is -0.393 e. The quantitative estimate of drug-likeness (QED) is 0.798. The van der Waals surface area contributed by atoms with Gasteiger partial charge in [0.25, 0.3) is 0 Å². The Hall–Kier alpha value is -1.87. The van der Waals surface area contributed by atoms with Gasteiger partial charge in [-0.1, -0.05) is 49.6 Å². The van der Waals surface area contributed by atoms with Gasteiger partial charge in [0.2, 0.25) is 0 Å². The van der Waals surface area contributed by atoms with Gasteiger partial charge < -0.3 is 5.11 Å². The standard InChI is InChI=1S/C20H24N2O/c23-20(15-7-2-1-3-8-15)12-6-11-18-16-9-4-5-10-17(16)19-13-21-14-22(18)19/h4-5,9-11,13-15,20,23H,1-3,6-8,12H2/b18-11-. The van der Waals surface area contributed by atoms with Crippen LogP contribution in [0.3, 0.4) is 0 Å². The predicted molar refractivity (Wildman–Crippen MR) is 94.2 cm³/mol. The smallest absolute Gasteiger partial charge is 0.0997 e. The molecule has 0 radical (unpaired) electrons. The van der Waals surface area contributed by atoms with Crippen LogP contribution < -0.4 is 5.35 Å². The van der Waals surface area contributed by atoms with Crippen molar-refractivity contribution in [2.24, 2.45) is 5.92 Å². The van der Waals surface area contributed by atoms with E-state index < -0.39 is 0 Å². The number of nitrogens with zero attached hydrogens (tertiary/aromatic N) is 2. The fourth-order valence-corrected chi connectivity index (χ4v) is 4.10. The minimum atomic E-state index is -0.147. The number of benzene rings is 1. The van der Waals surface area contributed by atoms with Crippen LogP contribution in [0.2, 0.25) is 0 Å². The molecule has 0 aliphatic heterocycles. The molecule has 0 saturated heterocycles. The third kappa shape index (κ3) is 2.74. The zero-order valence-electron chi connectivity index (χ0n) is 13.5. The second-order valence-corrected chi connectivity index (χ2v) is 6.83. The van der Waals surface area contributed by atoms with Crippen LogP contribution >= 0.6 is 0 Å². The van der Waals surface area contributed by atoms with Crippen molar-refractivity contribution in [2.75, 3.05) is 0 Å². The van der Waals surface area contributed by atoms with E-state index in [0.717, 1.165) is 12.8 Å². The van der Waals surface area contributed by atoms with Crippen LogP contribution in [0.25, 0.3) is 22.4 Å². The van der Waals surface area contributed by atoms with E-state index in [0.29, 0.717) is 5.92 Å². The molecule has 0 spiro atoms. The molecule has 1 fully saturated rings. The monoisotopic (exact) mass is 308 g/mol. The summed E-state index contributed by atoms with van der Waals surface area (Å²) >= 11 is 0. The maximum Gasteiger partial charge on any atom is 0.0997 e. The van der Waals surface area contributed by atoms with Crippen molar-refractivity contribution in [1.29, 1.82) is 0 Å². The van der Waals surface area contributed by atoms with E-state index >= 15 is 0 Å². The predicted octanol–water partition coefficient (Wildman–Crippen LogP) is 3.71. The third-order valence-corrected chi connectivity index (χ3v) is 5.37. The first-order chi connectivity index (χ1) is 11.3. The summed E-state index contributed by atoms with van der Waals surface area (Å²) < 4.78 is 2.16. The zero-order chi connectivity index (χ0) is 15.6. The topological polar surface area (TPSA) is 37.5 Å². The van der Waals surface area contributed by atoms with Crippen LogP contribution in [0, 0.1) is 5.92 Å². The lowest BCUT2D eigenvalue weighted by atomic mass is 9.84. The highest BCUT2D eigenvalue weighted by Gasteiger charge is 2.20. The summed E-state index contributed by atoms with van der Waals surface area (Å²) in [6, 6.07) is 8.49. The van der Waals surface area contributed by atoms with Gasteiger partial charge in [0, 0.05) is 10.8 Å². The molecule has 3 aromatic rings. The lowest BCUT2D eigenvalue weighted by Gasteiger charge is -2.26. The maximum absolute atomic E-state index is 10.4. The number of aromatic nitrogens is 2. The summed E-state index contributed by atoms with van der Waals surface area (Å²) in [5, 5.41) is 14.2. The van der Waals surface area contributed by atoms with E-state index in [2.05, 4.69) is 39.7 Å². The van der Waals surface area contributed by atoms with Gasteiger partial charge >= 0.3 is 0 Å². The van der Waals surface area contributed by atoms with Gasteiger partial charge in [0.1, 0.15) is 0 Å². The molecule has 2 heterocycles. The Bertz CT molecular complexity index is 845. The number of imidazole rings is 1. The molecular weight excluding hydrogens is 284 g/mol. The number of rotatable bonds is 4. The number of aliphatic hydroxyl groups excluding tert-OH is 1. The summed E-state index contributed by atoms with van der Waals surface area (Å²) in [7, 11) is 0. The van der Waals surface area contributed by atoms with Crippen molar-refractivity contribution in [1.82, 2.24) is 9.38 Å². The summed E-state index contributed by atoms with van der Waals surface area (Å²) in [5.74, 6) is 0.516. The fourth-order valence-electron chi connectivity index (χ4n) is 4.10. The van der Waals surface area contributed by atoms with E-state index in [1.807, 2.05) is 12.5 Å². The Morgan fingerprint density at radius 2 is 1.96 bits per heavy atom. The summed E-state index contributed by atoms with van der Waals surface area (Å²) in [4.78, 5) is 4.28. The molecule has 0 bridgehead atoms. The van der Waals surface area contributed by atoms with Crippen LogP contribution in [-0.4, -0.2) is 20.6 Å². The van der Waals surface area contributed by atoms with E-state index in [1.165, 1.54) is 53.7 Å². The molecule has 1 N–H and O–H groups in total. The van der Waals surface area contributed by atoms with Crippen molar-refractivity contribution in [2.45, 2.75) is 51.0 Å². The summed E-state index contributed by atoms with van der Waals surface area (Å²) in [5.41, 5.74) is 1.17. The van der Waals surface area contributed by atoms with Crippen LogP contribution in [0.1, 0.15) is 44.9 Å². The number of hydrogen-bond donors (Lipinski definition) is 1. The Morgan fingerprint density at radius 1 is 1.17 bits per heavy atom. The number of aliphatic hydroxyl groups is 1. The Morgan fingerprint density at radius 3 is 2.78 bits per heavy atom. The molecule has 1 unspecified atom stereocenters. The third-order valence-electron chi connectivity index (χ3n) is 5.37. The largest absolute Gasteiger partial charge is 0.393 e. The van der Waals surface area contributed by atoms with Gasteiger partial charge in [-0.15, -0.1) is 0 Å². The SMILES string of the molecule is OC(CC/C=c1/c2ccccc2c2cncn12)C1CCCCC1. The first kappa shape index (κ1) is 14.7. The van der Waals surface area contributed by atoms with Crippen molar-refractivity contribution >= 4 is 22.4 Å². The molecule has 1 saturated carbocycles. The lowest BCUT2D eigenvalue weighted by Crippen LogP contribution is -2.22. The highest BCUT2D eigenvalue weighted by atomic mass is 16.3. The summed E-state index contributed by atoms with van der Waals surface area (Å²) in [6.45, 7) is 0. The average molecular weight is 308 g/mol. The van der Waals surface area contributed by atoms with Crippen molar-refractivity contribution in [3.05, 3.63) is 42.1 Å². The van der Waals surface area contributed by atoms with Crippen molar-refractivity contribution in [3.63, 3.8) is 0 Å². The van der Waals surface area contributed by atoms with Gasteiger partial charge in [0.15, 0.2) is 0 Å². The molecule has 1 aliphatic carbocycles. The molecule has 2 aromatic heterocycles. The zero-order valence-corrected chi connectivity index (χ0v) is 13.5. The van der Waals surface area contributed by atoms with Crippen molar-refractivity contribution < 1.29 is 5.11 Å². The van der Waals surface area contributed by atoms with Gasteiger partial charge in [0.05, 0.1) is 29.5 Å². The fraction of sp³-hybridized carbons (Fsp3) is 0.450. The van der Waals surface area contributed by atoms with Gasteiger partial charge in [-0.05, 0) is 31.6 Å². The Labute approximate surface area is 136 Å². The van der Waals surface area contributed by atoms with Gasteiger partial charge in [-0.2, -0.15) is 0 Å². The first-order valence-electron chi connectivity index (χ1n) is 8.85. The van der Waals surface area contributed by atoms with Crippen LogP contribution in [0.5, 0.6) is 0 Å². The van der Waals surface area contributed by atoms with Crippen LogP contribution in [-0.2, 0) is 0 Å². The van der Waals surface area contributed by atoms with Crippen LogP contribution in [0.15, 0.2) is 36.8 Å². The lowest BCUT2D eigenvalue weighted by molar-refractivity contribution is 0.0789. The molecular formula is C20H24N2O. The summed E-state index contributed by atoms with van der Waals surface area (Å²) in [6.07, 6.45) is 14.0. The highest BCUT2D eigenvalue weighted by molar-refractivity contribution is 5.97. The van der Waals surface area contributed by atoms with E-state index in [9.17, 15) is 5.11 Å². The normalized spacial score (nSPS) is 18.9. The minimum absolute atomic E-state index is 0.147. The maximum atomic E-state index is 10.4. The van der Waals surface area contributed by atoms with Gasteiger partial charge in [-0.3, -0.25) is 4.40 Å². The Kier molecular flexibility index (Phi) is 4.04. The molecule has 4 rings (SSSR count). The number of fused-ring (bicyclic) bond motifs is 3. The number of hydrogen-bond acceptors (Lipinski definition) is 2. The molecule has 120 valence electrons. The molecule has 0 amide bonds. The van der Waals surface area contributed by atoms with E-state index in [1.54, 1.807) is 0 Å². The molecule has 1 atom stereocenters. The van der Waals surface area contributed by atoms with Crippen molar-refractivity contribution in [3.8, 4) is 0 Å². The molecule has 3 nitrogen and oxygen atoms in total. The average Bonchev–Trinajstić information content (AvgIpc) is 3.18. The molecule has 1 aliphatic rings. The Balaban J connectivity index is 1.58. The van der Waals surface area contributed by atoms with Gasteiger partial charge in [-0.25, -0.2) is 4.98 Å². The second kappa shape index (κ2) is 6.32. The molecule has 23 heavy (non-hydrogen) atoms. The second-order valence-electron chi connectivity index (χ2n) is 6.83. The van der Waals surface area contributed by atoms with E-state index in [-0.39, 0.29) is 6.10 Å². The first-order valence-corrected chi connectivity index (χ1v) is 8.85. The molecule has 1 aromatic carbocycles. The van der Waals surface area contributed by atoms with Crippen LogP contribution in [0.4, 0.5) is 0 Å². The highest BCUT2D eigenvalue weighted by Crippen LogP contribution is 2.28. The van der Waals surface area contributed by atoms with E-state index in [4.69, 9.17) is 0 Å². The molecule has 3 heteroatoms.